The van der Waals surface area contributed by atoms with E-state index < -0.39 is 18.0 Å². The summed E-state index contributed by atoms with van der Waals surface area (Å²) in [6.07, 6.45) is -0.483. The molecule has 5 heteroatoms. The molecule has 0 N–H and O–H groups in total. The molecule has 0 fully saturated rings. The number of hydrogen-bond acceptors (Lipinski definition) is 5. The average Bonchev–Trinajstić information content (AvgIpc) is 2.61. The van der Waals surface area contributed by atoms with Crippen molar-refractivity contribution in [3.8, 4) is 0 Å². The van der Waals surface area contributed by atoms with Crippen LogP contribution in [0.15, 0.2) is 11.3 Å². The summed E-state index contributed by atoms with van der Waals surface area (Å²) in [6, 6.07) is 0. The third kappa shape index (κ3) is 2.74. The lowest BCUT2D eigenvalue weighted by Gasteiger charge is -2.09. The number of allylic oxidation sites excluding steroid dienone is 1. The van der Waals surface area contributed by atoms with Crippen molar-refractivity contribution in [2.75, 3.05) is 13.2 Å². The number of esters is 2. The Hall–Kier alpha value is -1.52. The van der Waals surface area contributed by atoms with E-state index >= 15 is 0 Å². The zero-order valence-electron chi connectivity index (χ0n) is 9.74. The fourth-order valence-electron chi connectivity index (χ4n) is 1.47. The van der Waals surface area contributed by atoms with Crippen LogP contribution in [0.2, 0.25) is 0 Å². The maximum absolute atomic E-state index is 11.5. The Morgan fingerprint density at radius 3 is 2.50 bits per heavy atom. The minimum absolute atomic E-state index is 0.226. The van der Waals surface area contributed by atoms with Crippen molar-refractivity contribution in [2.45, 2.75) is 33.3 Å². The highest BCUT2D eigenvalue weighted by Crippen LogP contribution is 2.26. The lowest BCUT2D eigenvalue weighted by atomic mass is 10.1. The first-order valence-electron chi connectivity index (χ1n) is 5.30. The summed E-state index contributed by atoms with van der Waals surface area (Å²) in [5.74, 6) is -0.426. The predicted molar refractivity (Wildman–Crippen MR) is 55.5 cm³/mol. The normalized spacial score (nSPS) is 19.3. The van der Waals surface area contributed by atoms with Gasteiger partial charge in [-0.15, -0.1) is 0 Å². The van der Waals surface area contributed by atoms with E-state index in [-0.39, 0.29) is 6.42 Å². The van der Waals surface area contributed by atoms with Crippen LogP contribution in [0, 0.1) is 0 Å². The molecular weight excluding hydrogens is 212 g/mol. The standard InChI is InChI=1S/C11H16O5/c1-4-14-10(12)8-6-9(16-7(8)3)11(13)15-5-2/h9H,4-6H2,1-3H3. The fraction of sp³-hybridized carbons (Fsp3) is 0.636. The van der Waals surface area contributed by atoms with E-state index in [0.29, 0.717) is 24.5 Å². The van der Waals surface area contributed by atoms with Crippen molar-refractivity contribution in [3.63, 3.8) is 0 Å². The molecule has 1 aliphatic heterocycles. The number of hydrogen-bond donors (Lipinski definition) is 0. The van der Waals surface area contributed by atoms with Crippen LogP contribution in [-0.2, 0) is 23.8 Å². The largest absolute Gasteiger partial charge is 0.482 e. The van der Waals surface area contributed by atoms with Crippen LogP contribution < -0.4 is 0 Å². The van der Waals surface area contributed by atoms with Crippen molar-refractivity contribution in [1.29, 1.82) is 0 Å². The molecule has 0 saturated heterocycles. The molecule has 1 atom stereocenters. The molecule has 0 aromatic heterocycles. The number of ether oxygens (including phenoxy) is 3. The number of carbonyl (C=O) groups excluding carboxylic acids is 2. The van der Waals surface area contributed by atoms with Gasteiger partial charge in [-0.2, -0.15) is 0 Å². The smallest absolute Gasteiger partial charge is 0.347 e. The molecule has 1 heterocycles. The maximum Gasteiger partial charge on any atom is 0.347 e. The molecule has 0 amide bonds. The molecule has 0 bridgehead atoms. The summed E-state index contributed by atoms with van der Waals surface area (Å²) < 4.78 is 14.9. The van der Waals surface area contributed by atoms with Gasteiger partial charge in [0, 0.05) is 6.42 Å². The van der Waals surface area contributed by atoms with Gasteiger partial charge in [-0.3, -0.25) is 0 Å². The Morgan fingerprint density at radius 1 is 1.31 bits per heavy atom. The molecule has 1 rings (SSSR count). The monoisotopic (exact) mass is 228 g/mol. The Morgan fingerprint density at radius 2 is 1.94 bits per heavy atom. The van der Waals surface area contributed by atoms with Crippen LogP contribution in [0.5, 0.6) is 0 Å². The molecule has 0 aromatic carbocycles. The summed E-state index contributed by atoms with van der Waals surface area (Å²) >= 11 is 0. The van der Waals surface area contributed by atoms with E-state index in [1.807, 2.05) is 0 Å². The highest BCUT2D eigenvalue weighted by atomic mass is 16.6. The van der Waals surface area contributed by atoms with Crippen molar-refractivity contribution in [2.24, 2.45) is 0 Å². The summed E-state index contributed by atoms with van der Waals surface area (Å²) in [4.78, 5) is 22.9. The van der Waals surface area contributed by atoms with E-state index in [4.69, 9.17) is 14.2 Å². The van der Waals surface area contributed by atoms with Crippen LogP contribution in [0.1, 0.15) is 27.2 Å². The zero-order chi connectivity index (χ0) is 12.1. The quantitative estimate of drug-likeness (QED) is 0.676. The van der Waals surface area contributed by atoms with Crippen molar-refractivity contribution in [1.82, 2.24) is 0 Å². The molecule has 0 aromatic rings. The van der Waals surface area contributed by atoms with Gasteiger partial charge in [-0.1, -0.05) is 0 Å². The van der Waals surface area contributed by atoms with Crippen molar-refractivity contribution >= 4 is 11.9 Å². The van der Waals surface area contributed by atoms with Crippen LogP contribution >= 0.6 is 0 Å². The Bertz CT molecular complexity index is 318. The second kappa shape index (κ2) is 5.53. The van der Waals surface area contributed by atoms with Gasteiger partial charge in [0.25, 0.3) is 0 Å². The summed E-state index contributed by atoms with van der Waals surface area (Å²) in [6.45, 7) is 5.70. The highest BCUT2D eigenvalue weighted by Gasteiger charge is 2.34. The lowest BCUT2D eigenvalue weighted by Crippen LogP contribution is -2.23. The van der Waals surface area contributed by atoms with Crippen LogP contribution in [0.25, 0.3) is 0 Å². The van der Waals surface area contributed by atoms with E-state index in [2.05, 4.69) is 0 Å². The summed E-state index contributed by atoms with van der Waals surface area (Å²) in [7, 11) is 0. The molecule has 5 nitrogen and oxygen atoms in total. The van der Waals surface area contributed by atoms with Gasteiger partial charge in [-0.25, -0.2) is 9.59 Å². The van der Waals surface area contributed by atoms with Crippen LogP contribution in [0.3, 0.4) is 0 Å². The molecule has 0 spiro atoms. The van der Waals surface area contributed by atoms with E-state index in [0.717, 1.165) is 0 Å². The SMILES string of the molecule is CCOC(=O)C1=C(C)OC(C(=O)OCC)C1. The fourth-order valence-corrected chi connectivity index (χ4v) is 1.47. The molecule has 90 valence electrons. The minimum Gasteiger partial charge on any atom is -0.482 e. The van der Waals surface area contributed by atoms with Gasteiger partial charge < -0.3 is 14.2 Å². The third-order valence-electron chi connectivity index (χ3n) is 2.20. The van der Waals surface area contributed by atoms with Gasteiger partial charge >= 0.3 is 11.9 Å². The van der Waals surface area contributed by atoms with Crippen LogP contribution in [-0.4, -0.2) is 31.3 Å². The first-order chi connectivity index (χ1) is 7.60. The summed E-state index contributed by atoms with van der Waals surface area (Å²) in [5, 5.41) is 0. The Kier molecular flexibility index (Phi) is 4.34. The second-order valence-corrected chi connectivity index (χ2v) is 3.32. The molecular formula is C11H16O5. The molecule has 1 unspecified atom stereocenters. The number of carbonyl (C=O) groups is 2. The van der Waals surface area contributed by atoms with E-state index in [1.54, 1.807) is 20.8 Å². The van der Waals surface area contributed by atoms with Gasteiger partial charge in [0.15, 0.2) is 6.10 Å². The predicted octanol–water partition coefficient (Wildman–Crippen LogP) is 1.18. The first kappa shape index (κ1) is 12.5. The molecule has 0 aliphatic carbocycles. The number of rotatable bonds is 4. The maximum atomic E-state index is 11.5. The lowest BCUT2D eigenvalue weighted by molar-refractivity contribution is -0.152. The van der Waals surface area contributed by atoms with Gasteiger partial charge in [0.1, 0.15) is 5.76 Å². The highest BCUT2D eigenvalue weighted by molar-refractivity contribution is 5.91. The first-order valence-corrected chi connectivity index (χ1v) is 5.30. The van der Waals surface area contributed by atoms with Crippen LogP contribution in [0.4, 0.5) is 0 Å². The van der Waals surface area contributed by atoms with Crippen molar-refractivity contribution in [3.05, 3.63) is 11.3 Å². The minimum atomic E-state index is -0.709. The van der Waals surface area contributed by atoms with E-state index in [9.17, 15) is 9.59 Å². The van der Waals surface area contributed by atoms with E-state index in [1.165, 1.54) is 0 Å². The molecule has 16 heavy (non-hydrogen) atoms. The Balaban J connectivity index is 2.60. The topological polar surface area (TPSA) is 61.8 Å². The molecule has 1 aliphatic rings. The molecule has 0 radical (unpaired) electrons. The van der Waals surface area contributed by atoms with Gasteiger partial charge in [-0.05, 0) is 20.8 Å². The molecule has 0 saturated carbocycles. The second-order valence-electron chi connectivity index (χ2n) is 3.32. The Labute approximate surface area is 94.4 Å². The third-order valence-corrected chi connectivity index (χ3v) is 2.20. The van der Waals surface area contributed by atoms with Crippen molar-refractivity contribution < 1.29 is 23.8 Å². The van der Waals surface area contributed by atoms with Gasteiger partial charge in [0.2, 0.25) is 0 Å². The van der Waals surface area contributed by atoms with Gasteiger partial charge in [0.05, 0.1) is 18.8 Å². The summed E-state index contributed by atoms with van der Waals surface area (Å²) in [5.41, 5.74) is 0.417. The zero-order valence-corrected chi connectivity index (χ0v) is 9.74. The average molecular weight is 228 g/mol.